The number of carbonyl (C=O) groups is 1. The van der Waals surface area contributed by atoms with E-state index in [1.165, 1.54) is 108 Å². The van der Waals surface area contributed by atoms with Gasteiger partial charge in [-0.25, -0.2) is 0 Å². The fourth-order valence-corrected chi connectivity index (χ4v) is 4.49. The van der Waals surface area contributed by atoms with Gasteiger partial charge in [-0.1, -0.05) is 125 Å². The van der Waals surface area contributed by atoms with E-state index in [9.17, 15) is 4.79 Å². The Labute approximate surface area is 202 Å². The fraction of sp³-hybridized carbons (Fsp3) is 0.964. The minimum absolute atomic E-state index is 0. The van der Waals surface area contributed by atoms with Gasteiger partial charge >= 0.3 is 0 Å². The summed E-state index contributed by atoms with van der Waals surface area (Å²) in [6.07, 6.45) is 24.4. The smallest absolute Gasteiger partial charge is 0.221 e. The van der Waals surface area contributed by atoms with Crippen LogP contribution in [0.2, 0.25) is 0 Å². The second-order valence-corrected chi connectivity index (χ2v) is 10.7. The van der Waals surface area contributed by atoms with Gasteiger partial charge in [0.15, 0.2) is 0 Å². The van der Waals surface area contributed by atoms with E-state index in [1.807, 2.05) is 11.8 Å². The summed E-state index contributed by atoms with van der Waals surface area (Å²) in [5.74, 6) is 2.38. The van der Waals surface area contributed by atoms with Crippen LogP contribution < -0.4 is 5.32 Å². The van der Waals surface area contributed by atoms with Crippen molar-refractivity contribution in [3.8, 4) is 0 Å². The van der Waals surface area contributed by atoms with Gasteiger partial charge in [0.2, 0.25) is 5.91 Å². The molecule has 0 fully saturated rings. The van der Waals surface area contributed by atoms with Crippen molar-refractivity contribution in [3.05, 3.63) is 0 Å². The van der Waals surface area contributed by atoms with Crippen LogP contribution in [0.4, 0.5) is 0 Å². The highest BCUT2D eigenvalue weighted by Crippen LogP contribution is 2.15. The largest absolute Gasteiger partial charge is 0.351 e. The number of hydrogen-bond donors (Lipinski definition) is 1. The Balaban J connectivity index is -0.00000392. The fourth-order valence-electron chi connectivity index (χ4n) is 3.55. The van der Waals surface area contributed by atoms with Crippen LogP contribution in [-0.2, 0) is 4.79 Å². The molecule has 0 saturated heterocycles. The van der Waals surface area contributed by atoms with Crippen molar-refractivity contribution in [3.63, 3.8) is 0 Å². The minimum Gasteiger partial charge on any atom is -0.351 e. The summed E-state index contributed by atoms with van der Waals surface area (Å²) in [5, 5.41) is 3.11. The molecule has 0 rings (SSSR count). The molecular formula is C28H61NOS. The van der Waals surface area contributed by atoms with E-state index in [4.69, 9.17) is 0 Å². The first-order valence-corrected chi connectivity index (χ1v) is 14.1. The number of nitrogens with one attached hydrogen (secondary N) is 1. The molecule has 0 bridgehead atoms. The summed E-state index contributed by atoms with van der Waals surface area (Å²) in [4.78, 5) is 11.9. The van der Waals surface area contributed by atoms with Gasteiger partial charge in [-0.05, 0) is 32.4 Å². The van der Waals surface area contributed by atoms with Gasteiger partial charge in [-0.2, -0.15) is 11.8 Å². The normalized spacial score (nSPS) is 11.0. The third-order valence-electron chi connectivity index (χ3n) is 5.98. The molecule has 0 radical (unpaired) electrons. The molecule has 31 heavy (non-hydrogen) atoms. The molecule has 0 aromatic carbocycles. The molecule has 0 aliphatic heterocycles. The zero-order valence-corrected chi connectivity index (χ0v) is 21.3. The summed E-state index contributed by atoms with van der Waals surface area (Å²) >= 11 is 1.94. The first-order chi connectivity index (χ1) is 14.0. The van der Waals surface area contributed by atoms with Gasteiger partial charge in [-0.3, -0.25) is 4.79 Å². The van der Waals surface area contributed by atoms with Crippen molar-refractivity contribution < 1.29 is 4.79 Å². The van der Waals surface area contributed by atoms with E-state index in [-0.39, 0.29) is 26.3 Å². The van der Waals surface area contributed by atoms with Crippen molar-refractivity contribution in [2.24, 2.45) is 0 Å². The predicted octanol–water partition coefficient (Wildman–Crippen LogP) is 9.95. The maximum absolute atomic E-state index is 11.9. The number of amides is 1. The molecule has 190 valence electrons. The number of hydrogen-bond acceptors (Lipinski definition) is 2. The van der Waals surface area contributed by atoms with E-state index in [1.54, 1.807) is 0 Å². The van der Waals surface area contributed by atoms with Crippen LogP contribution in [-0.4, -0.2) is 23.0 Å². The van der Waals surface area contributed by atoms with Crippen LogP contribution >= 0.6 is 11.8 Å². The standard InChI is InChI=1S/C26H53NOS.2CH4/c1-5-7-8-9-10-11-12-13-14-15-16-17-18-19-20-21-23-29-24-22-25(28)27-26(3,4)6-2;;/h5-24H2,1-4H3,(H,27,28);2*1H4. The molecule has 0 atom stereocenters. The molecule has 0 saturated carbocycles. The van der Waals surface area contributed by atoms with Gasteiger partial charge < -0.3 is 5.32 Å². The molecular weight excluding hydrogens is 398 g/mol. The van der Waals surface area contributed by atoms with Crippen LogP contribution in [0.25, 0.3) is 0 Å². The quantitative estimate of drug-likeness (QED) is 0.163. The maximum atomic E-state index is 11.9. The molecule has 0 unspecified atom stereocenters. The molecule has 0 spiro atoms. The van der Waals surface area contributed by atoms with E-state index in [2.05, 4.69) is 33.0 Å². The van der Waals surface area contributed by atoms with Gasteiger partial charge in [0.1, 0.15) is 0 Å². The Morgan fingerprint density at radius 1 is 0.645 bits per heavy atom. The predicted molar refractivity (Wildman–Crippen MR) is 147 cm³/mol. The lowest BCUT2D eigenvalue weighted by Crippen LogP contribution is -2.42. The number of rotatable bonds is 22. The van der Waals surface area contributed by atoms with Crippen LogP contribution in [0.1, 0.15) is 158 Å². The Morgan fingerprint density at radius 2 is 1.03 bits per heavy atom. The highest BCUT2D eigenvalue weighted by molar-refractivity contribution is 7.99. The van der Waals surface area contributed by atoms with Crippen molar-refractivity contribution >= 4 is 17.7 Å². The monoisotopic (exact) mass is 459 g/mol. The lowest BCUT2D eigenvalue weighted by Gasteiger charge is -2.24. The first-order valence-electron chi connectivity index (χ1n) is 12.9. The number of thioether (sulfide) groups is 1. The average molecular weight is 460 g/mol. The van der Waals surface area contributed by atoms with Gasteiger partial charge in [0.05, 0.1) is 0 Å². The molecule has 2 nitrogen and oxygen atoms in total. The topological polar surface area (TPSA) is 29.1 Å². The van der Waals surface area contributed by atoms with E-state index in [0.717, 1.165) is 12.2 Å². The van der Waals surface area contributed by atoms with E-state index >= 15 is 0 Å². The summed E-state index contributed by atoms with van der Waals surface area (Å²) in [5.41, 5.74) is -0.0599. The number of unbranched alkanes of at least 4 members (excludes halogenated alkanes) is 15. The van der Waals surface area contributed by atoms with Crippen LogP contribution in [0, 0.1) is 0 Å². The van der Waals surface area contributed by atoms with E-state index < -0.39 is 0 Å². The second kappa shape index (κ2) is 26.1. The molecule has 3 heteroatoms. The Bertz CT molecular complexity index is 357. The molecule has 1 N–H and O–H groups in total. The van der Waals surface area contributed by atoms with Gasteiger partial charge in [-0.15, -0.1) is 0 Å². The summed E-state index contributed by atoms with van der Waals surface area (Å²) in [6.45, 7) is 8.59. The molecule has 1 amide bonds. The first kappa shape index (κ1) is 35.4. The highest BCUT2D eigenvalue weighted by Gasteiger charge is 2.17. The zero-order valence-electron chi connectivity index (χ0n) is 20.5. The second-order valence-electron chi connectivity index (χ2n) is 9.45. The highest BCUT2D eigenvalue weighted by atomic mass is 32.2. The summed E-state index contributed by atoms with van der Waals surface area (Å²) < 4.78 is 0. The van der Waals surface area contributed by atoms with Crippen molar-refractivity contribution in [2.75, 3.05) is 11.5 Å². The molecule has 0 heterocycles. The number of carbonyl (C=O) groups excluding carboxylic acids is 1. The van der Waals surface area contributed by atoms with Gasteiger partial charge in [0, 0.05) is 17.7 Å². The molecule has 0 aromatic rings. The van der Waals surface area contributed by atoms with Gasteiger partial charge in [0.25, 0.3) is 0 Å². The lowest BCUT2D eigenvalue weighted by molar-refractivity contribution is -0.122. The minimum atomic E-state index is -0.0599. The molecule has 0 aliphatic carbocycles. The van der Waals surface area contributed by atoms with Crippen molar-refractivity contribution in [1.29, 1.82) is 0 Å². The zero-order chi connectivity index (χ0) is 21.6. The lowest BCUT2D eigenvalue weighted by atomic mass is 10.0. The Morgan fingerprint density at radius 3 is 1.42 bits per heavy atom. The van der Waals surface area contributed by atoms with Crippen LogP contribution in [0.3, 0.4) is 0 Å². The Kier molecular flexibility index (Phi) is 29.8. The molecule has 0 aliphatic rings. The van der Waals surface area contributed by atoms with E-state index in [0.29, 0.717) is 6.42 Å². The molecule has 0 aromatic heterocycles. The van der Waals surface area contributed by atoms with Crippen molar-refractivity contribution in [1.82, 2.24) is 5.32 Å². The third kappa shape index (κ3) is 27.8. The summed E-state index contributed by atoms with van der Waals surface area (Å²) in [7, 11) is 0. The van der Waals surface area contributed by atoms with Crippen LogP contribution in [0.5, 0.6) is 0 Å². The Hall–Kier alpha value is -0.180. The summed E-state index contributed by atoms with van der Waals surface area (Å²) in [6, 6.07) is 0. The average Bonchev–Trinajstić information content (AvgIpc) is 2.69. The maximum Gasteiger partial charge on any atom is 0.221 e. The SMILES string of the molecule is C.C.CCCCCCCCCCCCCCCCCCSCCC(=O)NC(C)(C)CC. The van der Waals surface area contributed by atoms with Crippen LogP contribution in [0.15, 0.2) is 0 Å². The third-order valence-corrected chi connectivity index (χ3v) is 7.05. The van der Waals surface area contributed by atoms with Crippen molar-refractivity contribution in [2.45, 2.75) is 164 Å².